The van der Waals surface area contributed by atoms with E-state index in [2.05, 4.69) is 38.8 Å². The summed E-state index contributed by atoms with van der Waals surface area (Å²) < 4.78 is 0. The maximum Gasteiger partial charge on any atom is 0.224 e. The van der Waals surface area contributed by atoms with Gasteiger partial charge in [-0.05, 0) is 55.1 Å². The summed E-state index contributed by atoms with van der Waals surface area (Å²) >= 11 is 0. The molecule has 0 saturated heterocycles. The van der Waals surface area contributed by atoms with Crippen molar-refractivity contribution < 1.29 is 0 Å². The van der Waals surface area contributed by atoms with Gasteiger partial charge < -0.3 is 10.6 Å². The Morgan fingerprint density at radius 2 is 1.81 bits per heavy atom. The number of fused-ring (bicyclic) bond motifs is 6. The second kappa shape index (κ2) is 4.09. The van der Waals surface area contributed by atoms with Crippen LogP contribution < -0.4 is 10.6 Å². The highest BCUT2D eigenvalue weighted by Gasteiger charge is 2.65. The monoisotopic (exact) mass is 280 g/mol. The fourth-order valence-electron chi connectivity index (χ4n) is 4.97. The Morgan fingerprint density at radius 1 is 1.05 bits per heavy atom. The van der Waals surface area contributed by atoms with Crippen LogP contribution in [0.4, 0.5) is 11.8 Å². The van der Waals surface area contributed by atoms with Gasteiger partial charge in [0, 0.05) is 18.5 Å². The zero-order chi connectivity index (χ0) is 14.0. The number of aromatic nitrogens is 2. The smallest absolute Gasteiger partial charge is 0.224 e. The minimum absolute atomic E-state index is 0.652. The molecule has 3 aliphatic carbocycles. The molecule has 2 aromatic rings. The Labute approximate surface area is 124 Å². The molecule has 4 atom stereocenters. The molecular formula is C17H20N4. The molecule has 4 unspecified atom stereocenters. The van der Waals surface area contributed by atoms with Crippen LogP contribution in [0.15, 0.2) is 24.3 Å². The molecule has 4 heteroatoms. The second-order valence-electron chi connectivity index (χ2n) is 6.82. The van der Waals surface area contributed by atoms with Gasteiger partial charge in [-0.2, -0.15) is 4.98 Å². The topological polar surface area (TPSA) is 49.8 Å². The number of rotatable bonds is 3. The number of nitrogens with one attached hydrogen (secondary N) is 2. The first-order valence-corrected chi connectivity index (χ1v) is 8.06. The lowest BCUT2D eigenvalue weighted by molar-refractivity contribution is 0.456. The SMILES string of the molecule is CNc1nc(NC2C3C4CCC(C4)C23)c2ccccc2n1. The van der Waals surface area contributed by atoms with Gasteiger partial charge in [0.2, 0.25) is 5.95 Å². The summed E-state index contributed by atoms with van der Waals surface area (Å²) in [5.74, 6) is 5.49. The van der Waals surface area contributed by atoms with Crippen LogP contribution in [-0.4, -0.2) is 23.1 Å². The van der Waals surface area contributed by atoms with E-state index >= 15 is 0 Å². The fraction of sp³-hybridized carbons (Fsp3) is 0.529. The van der Waals surface area contributed by atoms with Gasteiger partial charge in [0.05, 0.1) is 5.52 Å². The molecule has 2 bridgehead atoms. The summed E-state index contributed by atoms with van der Waals surface area (Å²) in [4.78, 5) is 9.20. The van der Waals surface area contributed by atoms with Gasteiger partial charge in [-0.15, -0.1) is 0 Å². The lowest BCUT2D eigenvalue weighted by Gasteiger charge is -2.13. The quantitative estimate of drug-likeness (QED) is 0.907. The van der Waals surface area contributed by atoms with E-state index in [1.54, 1.807) is 0 Å². The van der Waals surface area contributed by atoms with Gasteiger partial charge in [-0.1, -0.05) is 12.1 Å². The molecule has 1 heterocycles. The van der Waals surface area contributed by atoms with E-state index in [0.717, 1.165) is 40.4 Å². The third-order valence-corrected chi connectivity index (χ3v) is 5.87. The zero-order valence-electron chi connectivity index (χ0n) is 12.2. The molecule has 4 nitrogen and oxygen atoms in total. The summed E-state index contributed by atoms with van der Waals surface area (Å²) in [7, 11) is 1.87. The van der Waals surface area contributed by atoms with Crippen LogP contribution in [0.3, 0.4) is 0 Å². The van der Waals surface area contributed by atoms with Crippen molar-refractivity contribution >= 4 is 22.7 Å². The van der Waals surface area contributed by atoms with Crippen LogP contribution >= 0.6 is 0 Å². The minimum atomic E-state index is 0.652. The van der Waals surface area contributed by atoms with Crippen LogP contribution in [0.1, 0.15) is 19.3 Å². The van der Waals surface area contributed by atoms with Crippen molar-refractivity contribution in [2.75, 3.05) is 17.7 Å². The Morgan fingerprint density at radius 3 is 2.57 bits per heavy atom. The Balaban J connectivity index is 1.50. The molecule has 5 rings (SSSR count). The average molecular weight is 280 g/mol. The van der Waals surface area contributed by atoms with E-state index in [-0.39, 0.29) is 0 Å². The van der Waals surface area contributed by atoms with E-state index in [1.807, 2.05) is 13.1 Å². The number of anilines is 2. The second-order valence-corrected chi connectivity index (χ2v) is 6.82. The molecule has 2 N–H and O–H groups in total. The molecule has 108 valence electrons. The lowest BCUT2D eigenvalue weighted by atomic mass is 10.0. The largest absolute Gasteiger partial charge is 0.366 e. The van der Waals surface area contributed by atoms with E-state index in [4.69, 9.17) is 0 Å². The molecule has 21 heavy (non-hydrogen) atoms. The Bertz CT molecular complexity index is 697. The van der Waals surface area contributed by atoms with Crippen LogP contribution in [0, 0.1) is 23.7 Å². The molecule has 0 spiro atoms. The molecule has 3 saturated carbocycles. The number of benzene rings is 1. The molecule has 1 aromatic carbocycles. The van der Waals surface area contributed by atoms with Crippen LogP contribution in [0.5, 0.6) is 0 Å². The maximum absolute atomic E-state index is 4.66. The highest BCUT2D eigenvalue weighted by molar-refractivity contribution is 5.90. The van der Waals surface area contributed by atoms with E-state index in [9.17, 15) is 0 Å². The minimum Gasteiger partial charge on any atom is -0.366 e. The van der Waals surface area contributed by atoms with Crippen molar-refractivity contribution in [3.8, 4) is 0 Å². The zero-order valence-corrected chi connectivity index (χ0v) is 12.2. The molecule has 0 amide bonds. The molecule has 3 aliphatic rings. The number of hydrogen-bond donors (Lipinski definition) is 2. The van der Waals surface area contributed by atoms with Gasteiger partial charge in [0.25, 0.3) is 0 Å². The standard InChI is InChI=1S/C17H20N4/c1-18-17-19-12-5-3-2-4-11(12)16(21-17)20-15-13-9-6-7-10(8-9)14(13)15/h2-5,9-10,13-15H,6-8H2,1H3,(H2,18,19,20,21). The number of hydrogen-bond acceptors (Lipinski definition) is 4. The normalized spacial score (nSPS) is 35.8. The van der Waals surface area contributed by atoms with Gasteiger partial charge >= 0.3 is 0 Å². The highest BCUT2D eigenvalue weighted by atomic mass is 15.2. The number of para-hydroxylation sites is 1. The van der Waals surface area contributed by atoms with Crippen molar-refractivity contribution in [1.29, 1.82) is 0 Å². The lowest BCUT2D eigenvalue weighted by Crippen LogP contribution is -2.14. The summed E-state index contributed by atoms with van der Waals surface area (Å²) in [6.07, 6.45) is 4.40. The predicted octanol–water partition coefficient (Wildman–Crippen LogP) is 3.13. The van der Waals surface area contributed by atoms with Crippen molar-refractivity contribution in [2.45, 2.75) is 25.3 Å². The Hall–Kier alpha value is -1.84. The molecule has 3 fully saturated rings. The summed E-state index contributed by atoms with van der Waals surface area (Å²) in [5.41, 5.74) is 1.01. The van der Waals surface area contributed by atoms with Crippen molar-refractivity contribution in [3.05, 3.63) is 24.3 Å². The molecule has 0 radical (unpaired) electrons. The summed E-state index contributed by atoms with van der Waals surface area (Å²) in [6.45, 7) is 0. The van der Waals surface area contributed by atoms with Gasteiger partial charge in [-0.3, -0.25) is 0 Å². The van der Waals surface area contributed by atoms with E-state index in [1.165, 1.54) is 19.3 Å². The van der Waals surface area contributed by atoms with E-state index in [0.29, 0.717) is 12.0 Å². The van der Waals surface area contributed by atoms with Crippen LogP contribution in [0.25, 0.3) is 10.9 Å². The van der Waals surface area contributed by atoms with Gasteiger partial charge in [-0.25, -0.2) is 4.98 Å². The number of nitrogens with zero attached hydrogens (tertiary/aromatic N) is 2. The maximum atomic E-state index is 4.66. The van der Waals surface area contributed by atoms with Crippen LogP contribution in [-0.2, 0) is 0 Å². The average Bonchev–Trinajstić information content (AvgIpc) is 2.92. The summed E-state index contributed by atoms with van der Waals surface area (Å²) in [6, 6.07) is 8.92. The van der Waals surface area contributed by atoms with Crippen molar-refractivity contribution in [3.63, 3.8) is 0 Å². The first-order valence-electron chi connectivity index (χ1n) is 8.06. The predicted molar refractivity (Wildman–Crippen MR) is 84.3 cm³/mol. The summed E-state index contributed by atoms with van der Waals surface area (Å²) in [5, 5.41) is 7.95. The molecular weight excluding hydrogens is 260 g/mol. The Kier molecular flexibility index (Phi) is 2.29. The van der Waals surface area contributed by atoms with Crippen molar-refractivity contribution in [1.82, 2.24) is 9.97 Å². The third-order valence-electron chi connectivity index (χ3n) is 5.87. The third kappa shape index (κ3) is 1.62. The first kappa shape index (κ1) is 11.8. The molecule has 1 aromatic heterocycles. The van der Waals surface area contributed by atoms with Crippen LogP contribution in [0.2, 0.25) is 0 Å². The van der Waals surface area contributed by atoms with E-state index < -0.39 is 0 Å². The molecule has 0 aliphatic heterocycles. The highest BCUT2D eigenvalue weighted by Crippen LogP contribution is 2.66. The van der Waals surface area contributed by atoms with Gasteiger partial charge in [0.1, 0.15) is 5.82 Å². The fourth-order valence-corrected chi connectivity index (χ4v) is 4.97. The van der Waals surface area contributed by atoms with Gasteiger partial charge in [0.15, 0.2) is 0 Å². The first-order chi connectivity index (χ1) is 10.3. The van der Waals surface area contributed by atoms with Crippen molar-refractivity contribution in [2.24, 2.45) is 23.7 Å².